The summed E-state index contributed by atoms with van der Waals surface area (Å²) < 4.78 is 39.9. The van der Waals surface area contributed by atoms with Crippen LogP contribution in [0.4, 0.5) is 13.2 Å². The molecule has 0 saturated carbocycles. The van der Waals surface area contributed by atoms with E-state index in [1.807, 2.05) is 13.8 Å². The smallest absolute Gasteiger partial charge is 0.422 e. The number of alkyl halides is 3. The molecule has 0 heterocycles. The molecule has 0 spiro atoms. The maximum Gasteiger partial charge on any atom is 0.422 e. The quantitative estimate of drug-likeness (QED) is 0.610. The fourth-order valence-corrected chi connectivity index (χ4v) is 0.882. The maximum atomic E-state index is 11.7. The highest BCUT2D eigenvalue weighted by Crippen LogP contribution is 2.18. The molecular weight excluding hydrogens is 181 g/mol. The van der Waals surface area contributed by atoms with E-state index in [4.69, 9.17) is 0 Å². The normalized spacial score (nSPS) is 13.2. The van der Waals surface area contributed by atoms with Crippen molar-refractivity contribution in [2.24, 2.45) is 0 Å². The topological polar surface area (TPSA) is 9.23 Å². The number of hydrogen-bond donors (Lipinski definition) is 0. The summed E-state index contributed by atoms with van der Waals surface area (Å²) in [5, 5.41) is 0. The van der Waals surface area contributed by atoms with E-state index in [1.165, 1.54) is 0 Å². The molecule has 0 fully saturated rings. The van der Waals surface area contributed by atoms with Gasteiger partial charge in [-0.3, -0.25) is 0 Å². The van der Waals surface area contributed by atoms with Crippen LogP contribution in [0, 0.1) is 0 Å². The standard InChI is InChI=1S/C9H15F3O/c1-3-5-8(6-4-2)13-7-9(10,11)12/h5H,3-4,6-7H2,1-2H3/b8-5-. The van der Waals surface area contributed by atoms with Crippen molar-refractivity contribution in [1.29, 1.82) is 0 Å². The summed E-state index contributed by atoms with van der Waals surface area (Å²) in [5.74, 6) is 0.447. The van der Waals surface area contributed by atoms with Crippen LogP contribution in [-0.4, -0.2) is 12.8 Å². The van der Waals surface area contributed by atoms with Gasteiger partial charge in [-0.15, -0.1) is 0 Å². The minimum absolute atomic E-state index is 0.447. The number of allylic oxidation sites excluding steroid dienone is 2. The Morgan fingerprint density at radius 1 is 1.31 bits per heavy atom. The number of rotatable bonds is 5. The maximum absolute atomic E-state index is 11.7. The van der Waals surface area contributed by atoms with Crippen molar-refractivity contribution in [3.8, 4) is 0 Å². The van der Waals surface area contributed by atoms with E-state index in [0.29, 0.717) is 18.6 Å². The molecule has 0 N–H and O–H groups in total. The molecule has 0 bridgehead atoms. The van der Waals surface area contributed by atoms with Crippen molar-refractivity contribution in [2.45, 2.75) is 39.3 Å². The Labute approximate surface area is 76.6 Å². The molecule has 0 aliphatic rings. The molecule has 0 amide bonds. The summed E-state index contributed by atoms with van der Waals surface area (Å²) >= 11 is 0. The molecule has 0 atom stereocenters. The van der Waals surface area contributed by atoms with E-state index < -0.39 is 12.8 Å². The second kappa shape index (κ2) is 5.89. The monoisotopic (exact) mass is 196 g/mol. The highest BCUT2D eigenvalue weighted by Gasteiger charge is 2.28. The van der Waals surface area contributed by atoms with E-state index in [1.54, 1.807) is 6.08 Å². The van der Waals surface area contributed by atoms with Gasteiger partial charge in [0.15, 0.2) is 6.61 Å². The molecule has 0 aliphatic carbocycles. The molecular formula is C9H15F3O. The zero-order valence-electron chi connectivity index (χ0n) is 7.95. The van der Waals surface area contributed by atoms with Gasteiger partial charge >= 0.3 is 6.18 Å². The van der Waals surface area contributed by atoms with Gasteiger partial charge in [-0.25, -0.2) is 0 Å². The van der Waals surface area contributed by atoms with Crippen LogP contribution in [0.5, 0.6) is 0 Å². The lowest BCUT2D eigenvalue weighted by Gasteiger charge is -2.11. The van der Waals surface area contributed by atoms with Crippen LogP contribution in [0.3, 0.4) is 0 Å². The molecule has 0 aromatic rings. The molecule has 0 aliphatic heterocycles. The molecule has 4 heteroatoms. The van der Waals surface area contributed by atoms with Crippen molar-refractivity contribution in [3.05, 3.63) is 11.8 Å². The third-order valence-electron chi connectivity index (χ3n) is 1.35. The van der Waals surface area contributed by atoms with Crippen LogP contribution in [-0.2, 0) is 4.74 Å². The van der Waals surface area contributed by atoms with Gasteiger partial charge in [0.2, 0.25) is 0 Å². The summed E-state index contributed by atoms with van der Waals surface area (Å²) in [6.07, 6.45) is -0.476. The lowest BCUT2D eigenvalue weighted by atomic mass is 10.2. The largest absolute Gasteiger partial charge is 0.489 e. The molecule has 0 saturated heterocycles. The van der Waals surface area contributed by atoms with Gasteiger partial charge in [-0.1, -0.05) is 13.8 Å². The van der Waals surface area contributed by atoms with E-state index in [9.17, 15) is 13.2 Å². The fourth-order valence-electron chi connectivity index (χ4n) is 0.882. The Bertz CT molecular complexity index is 161. The second-order valence-corrected chi connectivity index (χ2v) is 2.73. The Morgan fingerprint density at radius 2 is 1.92 bits per heavy atom. The SMILES string of the molecule is CC/C=C(/CCC)OCC(F)(F)F. The van der Waals surface area contributed by atoms with Crippen LogP contribution in [0.25, 0.3) is 0 Å². The predicted octanol–water partition coefficient (Wildman–Crippen LogP) is 3.66. The highest BCUT2D eigenvalue weighted by atomic mass is 19.4. The van der Waals surface area contributed by atoms with Gasteiger partial charge in [-0.05, 0) is 18.9 Å². The third-order valence-corrected chi connectivity index (χ3v) is 1.35. The summed E-state index contributed by atoms with van der Waals surface area (Å²) in [7, 11) is 0. The Balaban J connectivity index is 3.90. The van der Waals surface area contributed by atoms with Crippen LogP contribution in [0.1, 0.15) is 33.1 Å². The van der Waals surface area contributed by atoms with Crippen molar-refractivity contribution in [3.63, 3.8) is 0 Å². The van der Waals surface area contributed by atoms with E-state index in [-0.39, 0.29) is 0 Å². The molecule has 0 aromatic heterocycles. The van der Waals surface area contributed by atoms with Gasteiger partial charge in [0, 0.05) is 6.42 Å². The number of ether oxygens (including phenoxy) is 1. The lowest BCUT2D eigenvalue weighted by Crippen LogP contribution is -2.16. The van der Waals surface area contributed by atoms with E-state index in [2.05, 4.69) is 4.74 Å². The zero-order chi connectivity index (χ0) is 10.3. The van der Waals surface area contributed by atoms with Crippen LogP contribution in [0.15, 0.2) is 11.8 Å². The fraction of sp³-hybridized carbons (Fsp3) is 0.778. The van der Waals surface area contributed by atoms with Gasteiger partial charge in [0.05, 0.1) is 5.76 Å². The van der Waals surface area contributed by atoms with Crippen molar-refractivity contribution < 1.29 is 17.9 Å². The van der Waals surface area contributed by atoms with E-state index in [0.717, 1.165) is 6.42 Å². The first kappa shape index (κ1) is 12.3. The van der Waals surface area contributed by atoms with Crippen molar-refractivity contribution in [2.75, 3.05) is 6.61 Å². The molecule has 0 unspecified atom stereocenters. The Hall–Kier alpha value is -0.670. The van der Waals surface area contributed by atoms with Gasteiger partial charge in [-0.2, -0.15) is 13.2 Å². The minimum atomic E-state index is -4.24. The summed E-state index contributed by atoms with van der Waals surface area (Å²) in [4.78, 5) is 0. The molecule has 0 radical (unpaired) electrons. The molecule has 0 rings (SSSR count). The van der Waals surface area contributed by atoms with Crippen molar-refractivity contribution >= 4 is 0 Å². The number of hydrogen-bond acceptors (Lipinski definition) is 1. The van der Waals surface area contributed by atoms with Crippen molar-refractivity contribution in [1.82, 2.24) is 0 Å². The second-order valence-electron chi connectivity index (χ2n) is 2.73. The Kier molecular flexibility index (Phi) is 5.58. The Morgan fingerprint density at radius 3 is 2.31 bits per heavy atom. The van der Waals surface area contributed by atoms with Gasteiger partial charge in [0.1, 0.15) is 0 Å². The van der Waals surface area contributed by atoms with Crippen LogP contribution >= 0.6 is 0 Å². The predicted molar refractivity (Wildman–Crippen MR) is 45.3 cm³/mol. The first-order valence-corrected chi connectivity index (χ1v) is 4.38. The number of halogens is 3. The summed E-state index contributed by atoms with van der Waals surface area (Å²) in [6, 6.07) is 0. The summed E-state index contributed by atoms with van der Waals surface area (Å²) in [5.41, 5.74) is 0. The first-order chi connectivity index (χ1) is 5.99. The first-order valence-electron chi connectivity index (χ1n) is 4.38. The van der Waals surface area contributed by atoms with Gasteiger partial charge in [0.25, 0.3) is 0 Å². The van der Waals surface area contributed by atoms with Gasteiger partial charge < -0.3 is 4.74 Å². The average Bonchev–Trinajstić information content (AvgIpc) is 2.00. The van der Waals surface area contributed by atoms with Crippen LogP contribution in [0.2, 0.25) is 0 Å². The minimum Gasteiger partial charge on any atom is -0.489 e. The molecule has 13 heavy (non-hydrogen) atoms. The highest BCUT2D eigenvalue weighted by molar-refractivity contribution is 4.92. The molecule has 0 aromatic carbocycles. The molecule has 78 valence electrons. The van der Waals surface area contributed by atoms with E-state index >= 15 is 0 Å². The third kappa shape index (κ3) is 7.68. The summed E-state index contributed by atoms with van der Waals surface area (Å²) in [6.45, 7) is 2.59. The van der Waals surface area contributed by atoms with Crippen LogP contribution < -0.4 is 0 Å². The lowest BCUT2D eigenvalue weighted by molar-refractivity contribution is -0.165. The molecule has 1 nitrogen and oxygen atoms in total. The zero-order valence-corrected chi connectivity index (χ0v) is 7.95. The average molecular weight is 196 g/mol.